The number of ketones is 1. The molecule has 0 aromatic heterocycles. The molecule has 0 atom stereocenters. The summed E-state index contributed by atoms with van der Waals surface area (Å²) >= 11 is 0. The van der Waals surface area contributed by atoms with Gasteiger partial charge < -0.3 is 5.32 Å². The Morgan fingerprint density at radius 2 is 2.12 bits per heavy atom. The Balaban J connectivity index is 1.90. The number of rotatable bonds is 3. The number of carbonyl (C=O) groups excluding carboxylic acids is 1. The summed E-state index contributed by atoms with van der Waals surface area (Å²) in [5.41, 5.74) is 2.75. The minimum absolute atomic E-state index is 0.120. The molecule has 0 fully saturated rings. The van der Waals surface area contributed by atoms with Gasteiger partial charge in [-0.15, -0.1) is 0 Å². The van der Waals surface area contributed by atoms with Crippen molar-refractivity contribution in [1.29, 1.82) is 0 Å². The first kappa shape index (κ1) is 12.4. The maximum atomic E-state index is 11.6. The number of nitrogens with one attached hydrogen (secondary N) is 1. The zero-order valence-corrected chi connectivity index (χ0v) is 11.0. The maximum absolute atomic E-state index is 11.6. The van der Waals surface area contributed by atoms with Crippen LogP contribution in [-0.4, -0.2) is 12.3 Å². The van der Waals surface area contributed by atoms with Gasteiger partial charge in [-0.25, -0.2) is 0 Å². The van der Waals surface area contributed by atoms with Crippen molar-refractivity contribution in [3.63, 3.8) is 0 Å². The lowest BCUT2D eigenvalue weighted by Crippen LogP contribution is -2.29. The fourth-order valence-corrected chi connectivity index (χ4v) is 2.75. The molecular weight excluding hydrogens is 210 g/mol. The van der Waals surface area contributed by atoms with Crippen LogP contribution in [0.15, 0.2) is 23.4 Å². The summed E-state index contributed by atoms with van der Waals surface area (Å²) in [5.74, 6) is 0.265. The summed E-state index contributed by atoms with van der Waals surface area (Å²) in [7, 11) is 0. The van der Waals surface area contributed by atoms with Gasteiger partial charge in [0.2, 0.25) is 0 Å². The van der Waals surface area contributed by atoms with Crippen molar-refractivity contribution in [2.24, 2.45) is 5.41 Å². The van der Waals surface area contributed by atoms with E-state index >= 15 is 0 Å². The Morgan fingerprint density at radius 1 is 1.29 bits per heavy atom. The lowest BCUT2D eigenvalue weighted by molar-refractivity contribution is -0.117. The quantitative estimate of drug-likeness (QED) is 0.757. The lowest BCUT2D eigenvalue weighted by Gasteiger charge is -2.29. The summed E-state index contributed by atoms with van der Waals surface area (Å²) in [6.45, 7) is 5.26. The third kappa shape index (κ3) is 3.72. The number of hydrogen-bond acceptors (Lipinski definition) is 2. The van der Waals surface area contributed by atoms with E-state index in [1.807, 2.05) is 0 Å². The second kappa shape index (κ2) is 5.07. The minimum Gasteiger partial charge on any atom is -0.384 e. The molecule has 2 rings (SSSR count). The molecule has 0 aromatic carbocycles. The molecule has 1 N–H and O–H groups in total. The third-order valence-corrected chi connectivity index (χ3v) is 3.58. The highest BCUT2D eigenvalue weighted by Crippen LogP contribution is 2.32. The molecule has 0 heterocycles. The molecule has 0 spiro atoms. The summed E-state index contributed by atoms with van der Waals surface area (Å²) < 4.78 is 0. The first-order valence-corrected chi connectivity index (χ1v) is 6.70. The first-order chi connectivity index (χ1) is 8.05. The van der Waals surface area contributed by atoms with Crippen molar-refractivity contribution in [1.82, 2.24) is 5.32 Å². The van der Waals surface area contributed by atoms with Crippen LogP contribution in [0.3, 0.4) is 0 Å². The second-order valence-corrected chi connectivity index (χ2v) is 6.12. The fourth-order valence-electron chi connectivity index (χ4n) is 2.75. The van der Waals surface area contributed by atoms with Crippen LogP contribution in [0, 0.1) is 5.41 Å². The normalized spacial score (nSPS) is 24.0. The van der Waals surface area contributed by atoms with E-state index in [4.69, 9.17) is 0 Å². The summed E-state index contributed by atoms with van der Waals surface area (Å²) in [4.78, 5) is 11.6. The van der Waals surface area contributed by atoms with Crippen molar-refractivity contribution in [3.8, 4) is 0 Å². The molecular formula is C15H23NO. The van der Waals surface area contributed by atoms with Gasteiger partial charge in [0.15, 0.2) is 5.78 Å². The zero-order valence-electron chi connectivity index (χ0n) is 11.0. The molecule has 2 nitrogen and oxygen atoms in total. The van der Waals surface area contributed by atoms with Gasteiger partial charge >= 0.3 is 0 Å². The molecule has 0 saturated carbocycles. The van der Waals surface area contributed by atoms with Crippen molar-refractivity contribution in [2.45, 2.75) is 52.4 Å². The third-order valence-electron chi connectivity index (χ3n) is 3.58. The highest BCUT2D eigenvalue weighted by Gasteiger charge is 2.27. The second-order valence-electron chi connectivity index (χ2n) is 6.12. The Bertz CT molecular complexity index is 363. The monoisotopic (exact) mass is 233 g/mol. The molecule has 17 heavy (non-hydrogen) atoms. The minimum atomic E-state index is 0.120. The van der Waals surface area contributed by atoms with E-state index in [1.54, 1.807) is 6.08 Å². The molecule has 0 aromatic rings. The van der Waals surface area contributed by atoms with Crippen LogP contribution < -0.4 is 5.32 Å². The molecule has 94 valence electrons. The van der Waals surface area contributed by atoms with Crippen LogP contribution in [0.25, 0.3) is 0 Å². The SMILES string of the molecule is CC1(C)CC(=O)C=C(NCC2=CCCCC2)C1. The molecule has 0 unspecified atom stereocenters. The van der Waals surface area contributed by atoms with Gasteiger partial charge in [0.25, 0.3) is 0 Å². The lowest BCUT2D eigenvalue weighted by atomic mass is 9.79. The summed E-state index contributed by atoms with van der Waals surface area (Å²) in [6.07, 6.45) is 10.9. The smallest absolute Gasteiger partial charge is 0.157 e. The highest BCUT2D eigenvalue weighted by atomic mass is 16.1. The molecule has 0 radical (unpaired) electrons. The molecule has 2 aliphatic carbocycles. The van der Waals surface area contributed by atoms with Crippen LogP contribution >= 0.6 is 0 Å². The Morgan fingerprint density at radius 3 is 2.76 bits per heavy atom. The molecule has 0 aliphatic heterocycles. The van der Waals surface area contributed by atoms with Gasteiger partial charge in [-0.3, -0.25) is 4.79 Å². The fraction of sp³-hybridized carbons (Fsp3) is 0.667. The summed E-state index contributed by atoms with van der Waals surface area (Å²) in [5, 5.41) is 3.45. The van der Waals surface area contributed by atoms with E-state index < -0.39 is 0 Å². The average Bonchev–Trinajstić information content (AvgIpc) is 2.25. The average molecular weight is 233 g/mol. The van der Waals surface area contributed by atoms with E-state index in [-0.39, 0.29) is 11.2 Å². The van der Waals surface area contributed by atoms with Crippen molar-refractivity contribution >= 4 is 5.78 Å². The predicted octanol–water partition coefficient (Wildman–Crippen LogP) is 3.35. The largest absolute Gasteiger partial charge is 0.384 e. The van der Waals surface area contributed by atoms with Gasteiger partial charge in [0.05, 0.1) is 0 Å². The van der Waals surface area contributed by atoms with Crippen LogP contribution in [0.4, 0.5) is 0 Å². The maximum Gasteiger partial charge on any atom is 0.157 e. The Kier molecular flexibility index (Phi) is 3.70. The molecule has 0 saturated heterocycles. The molecule has 2 heteroatoms. The van der Waals surface area contributed by atoms with Gasteiger partial charge in [-0.2, -0.15) is 0 Å². The van der Waals surface area contributed by atoms with E-state index in [0.717, 1.165) is 18.7 Å². The predicted molar refractivity (Wildman–Crippen MR) is 70.7 cm³/mol. The van der Waals surface area contributed by atoms with Gasteiger partial charge in [0, 0.05) is 24.7 Å². The molecule has 0 bridgehead atoms. The standard InChI is InChI=1S/C15H23NO/c1-15(2)9-13(8-14(17)10-15)16-11-12-6-4-3-5-7-12/h6,8,16H,3-5,7,9-11H2,1-2H3. The number of hydrogen-bond donors (Lipinski definition) is 1. The van der Waals surface area contributed by atoms with Gasteiger partial charge in [0.1, 0.15) is 0 Å². The van der Waals surface area contributed by atoms with Crippen LogP contribution in [-0.2, 0) is 4.79 Å². The zero-order chi connectivity index (χ0) is 12.3. The summed E-state index contributed by atoms with van der Waals surface area (Å²) in [6, 6.07) is 0. The highest BCUT2D eigenvalue weighted by molar-refractivity contribution is 5.91. The first-order valence-electron chi connectivity index (χ1n) is 6.70. The van der Waals surface area contributed by atoms with E-state index in [0.29, 0.717) is 6.42 Å². The van der Waals surface area contributed by atoms with E-state index in [9.17, 15) is 4.79 Å². The van der Waals surface area contributed by atoms with E-state index in [2.05, 4.69) is 25.2 Å². The number of allylic oxidation sites excluding steroid dienone is 3. The van der Waals surface area contributed by atoms with Gasteiger partial charge in [-0.1, -0.05) is 25.5 Å². The van der Waals surface area contributed by atoms with Crippen molar-refractivity contribution < 1.29 is 4.79 Å². The van der Waals surface area contributed by atoms with E-state index in [1.165, 1.54) is 31.3 Å². The van der Waals surface area contributed by atoms with Crippen molar-refractivity contribution in [2.75, 3.05) is 6.54 Å². The molecule has 0 amide bonds. The van der Waals surface area contributed by atoms with Crippen LogP contribution in [0.2, 0.25) is 0 Å². The topological polar surface area (TPSA) is 29.1 Å². The van der Waals surface area contributed by atoms with Crippen LogP contribution in [0.1, 0.15) is 52.4 Å². The van der Waals surface area contributed by atoms with Crippen molar-refractivity contribution in [3.05, 3.63) is 23.4 Å². The Hall–Kier alpha value is -1.05. The number of carbonyl (C=O) groups is 1. The van der Waals surface area contributed by atoms with Crippen LogP contribution in [0.5, 0.6) is 0 Å². The molecule has 2 aliphatic rings. The van der Waals surface area contributed by atoms with Gasteiger partial charge in [-0.05, 0) is 37.5 Å². The Labute approximate surface area is 104 Å².